The van der Waals surface area contributed by atoms with Crippen molar-refractivity contribution in [3.63, 3.8) is 0 Å². The number of fused-ring (bicyclic) bond motifs is 1. The summed E-state index contributed by atoms with van der Waals surface area (Å²) >= 11 is 0. The molecule has 0 unspecified atom stereocenters. The van der Waals surface area contributed by atoms with E-state index < -0.39 is 17.8 Å². The van der Waals surface area contributed by atoms with Crippen molar-refractivity contribution in [1.82, 2.24) is 10.6 Å². The van der Waals surface area contributed by atoms with Crippen molar-refractivity contribution in [2.24, 2.45) is 0 Å². The average molecular weight is 327 g/mol. The van der Waals surface area contributed by atoms with Gasteiger partial charge in [0.2, 0.25) is 0 Å². The van der Waals surface area contributed by atoms with Crippen LogP contribution in [0, 0.1) is 0 Å². The van der Waals surface area contributed by atoms with Gasteiger partial charge in [-0.15, -0.1) is 0 Å². The first-order chi connectivity index (χ1) is 11.2. The number of hydrogen-bond acceptors (Lipinski definition) is 4. The van der Waals surface area contributed by atoms with Gasteiger partial charge in [0.05, 0.1) is 0 Å². The first-order valence-electron chi connectivity index (χ1n) is 7.95. The summed E-state index contributed by atoms with van der Waals surface area (Å²) in [6.07, 6.45) is 2.54. The molecule has 3 rings (SSSR count). The number of nitrogens with zero attached hydrogens (tertiary/aromatic N) is 1. The molecule has 2 N–H and O–H groups in total. The monoisotopic (exact) mass is 327 g/mol. The molecular formula is C18H21N3O3. The Morgan fingerprint density at radius 1 is 1.17 bits per heavy atom. The van der Waals surface area contributed by atoms with Crippen molar-refractivity contribution in [1.29, 1.82) is 0 Å². The third-order valence-corrected chi connectivity index (χ3v) is 4.91. The van der Waals surface area contributed by atoms with Gasteiger partial charge in [0.15, 0.2) is 0 Å². The van der Waals surface area contributed by atoms with Gasteiger partial charge in [-0.05, 0) is 55.5 Å². The summed E-state index contributed by atoms with van der Waals surface area (Å²) in [4.78, 5) is 37.1. The Hall–Kier alpha value is -2.63. The third kappa shape index (κ3) is 2.68. The number of rotatable bonds is 1. The van der Waals surface area contributed by atoms with Crippen molar-refractivity contribution in [3.05, 3.63) is 34.9 Å². The molecule has 2 aliphatic heterocycles. The number of carbonyl (C=O) groups is 3. The van der Waals surface area contributed by atoms with E-state index in [1.54, 1.807) is 0 Å². The van der Waals surface area contributed by atoms with Crippen molar-refractivity contribution < 1.29 is 14.4 Å². The number of barbiturate groups is 1. The van der Waals surface area contributed by atoms with Crippen LogP contribution in [0.15, 0.2) is 23.8 Å². The van der Waals surface area contributed by atoms with Gasteiger partial charge in [-0.1, -0.05) is 13.0 Å². The molecule has 0 radical (unpaired) electrons. The Morgan fingerprint density at radius 3 is 2.42 bits per heavy atom. The van der Waals surface area contributed by atoms with Gasteiger partial charge in [0, 0.05) is 18.3 Å². The number of carbonyl (C=O) groups excluding carboxylic acids is 3. The molecule has 1 atom stereocenters. The highest BCUT2D eigenvalue weighted by atomic mass is 16.2. The van der Waals surface area contributed by atoms with Gasteiger partial charge in [0.1, 0.15) is 5.57 Å². The Morgan fingerprint density at radius 2 is 1.79 bits per heavy atom. The molecule has 4 amide bonds. The topological polar surface area (TPSA) is 78.5 Å². The summed E-state index contributed by atoms with van der Waals surface area (Å²) in [5, 5.41) is 4.17. The fraction of sp³-hybridized carbons (Fsp3) is 0.389. The number of benzene rings is 1. The second kappa shape index (κ2) is 5.47. The van der Waals surface area contributed by atoms with Crippen molar-refractivity contribution in [2.45, 2.75) is 38.6 Å². The molecule has 6 nitrogen and oxygen atoms in total. The second-order valence-electron chi connectivity index (χ2n) is 7.09. The molecule has 0 aromatic heterocycles. The molecule has 2 aliphatic rings. The number of imide groups is 2. The quantitative estimate of drug-likeness (QED) is 0.612. The average Bonchev–Trinajstić information content (AvgIpc) is 2.48. The first-order valence-corrected chi connectivity index (χ1v) is 7.95. The molecular weight excluding hydrogens is 306 g/mol. The van der Waals surface area contributed by atoms with Gasteiger partial charge in [-0.2, -0.15) is 0 Å². The smallest absolute Gasteiger partial charge is 0.328 e. The highest BCUT2D eigenvalue weighted by molar-refractivity contribution is 6.31. The summed E-state index contributed by atoms with van der Waals surface area (Å²) in [5.74, 6) is -0.972. The van der Waals surface area contributed by atoms with E-state index in [-0.39, 0.29) is 11.1 Å². The van der Waals surface area contributed by atoms with Crippen LogP contribution in [0.5, 0.6) is 0 Å². The highest BCUT2D eigenvalue weighted by Crippen LogP contribution is 2.42. The Labute approximate surface area is 140 Å². The fourth-order valence-corrected chi connectivity index (χ4v) is 3.46. The SMILES string of the molecule is C[C@@H]1CC(C)(C)N(C)c2ccc(C=C3C(=O)NC(=O)NC3=O)cc21. The van der Waals surface area contributed by atoms with E-state index in [1.807, 2.05) is 18.2 Å². The third-order valence-electron chi connectivity index (χ3n) is 4.91. The first kappa shape index (κ1) is 16.2. The van der Waals surface area contributed by atoms with Crippen molar-refractivity contribution in [3.8, 4) is 0 Å². The number of anilines is 1. The summed E-state index contributed by atoms with van der Waals surface area (Å²) in [6, 6.07) is 5.12. The Kier molecular flexibility index (Phi) is 3.70. The molecule has 1 saturated heterocycles. The molecule has 2 heterocycles. The van der Waals surface area contributed by atoms with Crippen LogP contribution in [0.3, 0.4) is 0 Å². The summed E-state index contributed by atoms with van der Waals surface area (Å²) in [6.45, 7) is 6.62. The van der Waals surface area contributed by atoms with Crippen LogP contribution in [0.4, 0.5) is 10.5 Å². The highest BCUT2D eigenvalue weighted by Gasteiger charge is 2.34. The number of amides is 4. The lowest BCUT2D eigenvalue weighted by Gasteiger charge is -2.45. The van der Waals surface area contributed by atoms with Crippen LogP contribution in [0.1, 0.15) is 44.2 Å². The van der Waals surface area contributed by atoms with Crippen LogP contribution >= 0.6 is 0 Å². The van der Waals surface area contributed by atoms with E-state index in [0.717, 1.165) is 17.7 Å². The summed E-state index contributed by atoms with van der Waals surface area (Å²) in [7, 11) is 2.08. The van der Waals surface area contributed by atoms with Crippen LogP contribution in [0.25, 0.3) is 6.08 Å². The predicted molar refractivity (Wildman–Crippen MR) is 91.6 cm³/mol. The van der Waals surface area contributed by atoms with Crippen molar-refractivity contribution in [2.75, 3.05) is 11.9 Å². The van der Waals surface area contributed by atoms with E-state index >= 15 is 0 Å². The van der Waals surface area contributed by atoms with Gasteiger partial charge < -0.3 is 4.90 Å². The molecule has 0 aliphatic carbocycles. The molecule has 126 valence electrons. The van der Waals surface area contributed by atoms with E-state index in [9.17, 15) is 14.4 Å². The molecule has 0 saturated carbocycles. The lowest BCUT2D eigenvalue weighted by molar-refractivity contribution is -0.123. The number of nitrogens with one attached hydrogen (secondary N) is 2. The normalized spacial score (nSPS) is 22.7. The molecule has 1 aromatic carbocycles. The number of hydrogen-bond donors (Lipinski definition) is 2. The van der Waals surface area contributed by atoms with E-state index in [4.69, 9.17) is 0 Å². The standard InChI is InChI=1S/C18H21N3O3/c1-10-9-18(2,3)21(4)14-6-5-11(7-12(10)14)8-13-15(22)19-17(24)20-16(13)23/h5-8,10H,9H2,1-4H3,(H2,19,20,22,23,24)/t10-/m1/s1. The maximum atomic E-state index is 11.8. The fourth-order valence-electron chi connectivity index (χ4n) is 3.46. The predicted octanol–water partition coefficient (Wildman–Crippen LogP) is 2.16. The molecule has 6 heteroatoms. The minimum absolute atomic E-state index is 0.0632. The Balaban J connectivity index is 1.99. The van der Waals surface area contributed by atoms with Crippen LogP contribution < -0.4 is 15.5 Å². The molecule has 0 bridgehead atoms. The Bertz CT molecular complexity index is 758. The van der Waals surface area contributed by atoms with Crippen LogP contribution in [-0.2, 0) is 9.59 Å². The largest absolute Gasteiger partial charge is 0.369 e. The summed E-state index contributed by atoms with van der Waals surface area (Å²) in [5.41, 5.74) is 3.14. The molecule has 1 fully saturated rings. The van der Waals surface area contributed by atoms with E-state index in [1.165, 1.54) is 11.6 Å². The summed E-state index contributed by atoms with van der Waals surface area (Å²) < 4.78 is 0. The van der Waals surface area contributed by atoms with Crippen LogP contribution in [-0.4, -0.2) is 30.4 Å². The van der Waals surface area contributed by atoms with Gasteiger partial charge in [0.25, 0.3) is 11.8 Å². The van der Waals surface area contributed by atoms with E-state index in [2.05, 4.69) is 43.4 Å². The van der Waals surface area contributed by atoms with Gasteiger partial charge in [-0.25, -0.2) is 4.79 Å². The minimum atomic E-state index is -0.787. The van der Waals surface area contributed by atoms with Crippen molar-refractivity contribution >= 4 is 29.6 Å². The number of urea groups is 1. The molecule has 24 heavy (non-hydrogen) atoms. The van der Waals surface area contributed by atoms with Crippen LogP contribution in [0.2, 0.25) is 0 Å². The lowest BCUT2D eigenvalue weighted by atomic mass is 9.80. The maximum Gasteiger partial charge on any atom is 0.328 e. The lowest BCUT2D eigenvalue weighted by Crippen LogP contribution is -2.51. The van der Waals surface area contributed by atoms with E-state index in [0.29, 0.717) is 5.92 Å². The van der Waals surface area contributed by atoms with Gasteiger partial charge >= 0.3 is 6.03 Å². The zero-order chi connectivity index (χ0) is 17.6. The minimum Gasteiger partial charge on any atom is -0.369 e. The zero-order valence-electron chi connectivity index (χ0n) is 14.3. The second-order valence-corrected chi connectivity index (χ2v) is 7.09. The zero-order valence-corrected chi connectivity index (χ0v) is 14.3. The molecule has 1 aromatic rings. The maximum absolute atomic E-state index is 11.8. The van der Waals surface area contributed by atoms with Gasteiger partial charge in [-0.3, -0.25) is 20.2 Å². The molecule has 0 spiro atoms.